The lowest BCUT2D eigenvalue weighted by atomic mass is 9.80. The highest BCUT2D eigenvalue weighted by Crippen LogP contribution is 2.39. The van der Waals surface area contributed by atoms with E-state index in [2.05, 4.69) is 20.9 Å². The number of nitro groups is 1. The van der Waals surface area contributed by atoms with E-state index in [1.807, 2.05) is 18.2 Å². The quantitative estimate of drug-likeness (QED) is 0.643. The maximum atomic E-state index is 11.4. The van der Waals surface area contributed by atoms with Crippen molar-refractivity contribution in [3.8, 4) is 0 Å². The summed E-state index contributed by atoms with van der Waals surface area (Å²) < 4.78 is 0.901. The first kappa shape index (κ1) is 15.4. The third-order valence-electron chi connectivity index (χ3n) is 4.54. The van der Waals surface area contributed by atoms with Crippen LogP contribution in [0.15, 0.2) is 28.9 Å². The van der Waals surface area contributed by atoms with Crippen LogP contribution in [0.25, 0.3) is 10.9 Å². The summed E-state index contributed by atoms with van der Waals surface area (Å²) in [7, 11) is 0. The minimum Gasteiger partial charge on any atom is -0.323 e. The number of rotatable bonds is 3. The molecule has 1 atom stereocenters. The fraction of sp³-hybridized carbons (Fsp3) is 0.438. The van der Waals surface area contributed by atoms with Crippen LogP contribution in [0.5, 0.6) is 0 Å². The van der Waals surface area contributed by atoms with E-state index >= 15 is 0 Å². The average Bonchev–Trinajstić information content (AvgIpc) is 2.53. The first-order valence-corrected chi connectivity index (χ1v) is 8.35. The van der Waals surface area contributed by atoms with Gasteiger partial charge in [-0.2, -0.15) is 0 Å². The van der Waals surface area contributed by atoms with E-state index in [-0.39, 0.29) is 16.7 Å². The second kappa shape index (κ2) is 6.30. The molecule has 5 nitrogen and oxygen atoms in total. The monoisotopic (exact) mass is 363 g/mol. The number of benzene rings is 1. The third kappa shape index (κ3) is 2.85. The third-order valence-corrected chi connectivity index (χ3v) is 5.03. The Balaban J connectivity index is 2.15. The smallest absolute Gasteiger partial charge is 0.292 e. The number of hydrogen-bond acceptors (Lipinski definition) is 4. The van der Waals surface area contributed by atoms with E-state index in [1.54, 1.807) is 0 Å². The molecule has 1 aliphatic carbocycles. The van der Waals surface area contributed by atoms with Crippen molar-refractivity contribution in [3.05, 3.63) is 44.5 Å². The van der Waals surface area contributed by atoms with Crippen LogP contribution in [0.4, 0.5) is 5.69 Å². The first-order chi connectivity index (χ1) is 10.6. The molecule has 0 saturated heterocycles. The number of nitrogens with zero attached hydrogens (tertiary/aromatic N) is 2. The van der Waals surface area contributed by atoms with Gasteiger partial charge in [0.1, 0.15) is 6.20 Å². The lowest BCUT2D eigenvalue weighted by Gasteiger charge is -2.28. The Bertz CT molecular complexity index is 714. The molecule has 6 heteroatoms. The van der Waals surface area contributed by atoms with Crippen molar-refractivity contribution in [1.82, 2.24) is 4.98 Å². The molecule has 0 aliphatic heterocycles. The first-order valence-electron chi connectivity index (χ1n) is 7.56. The summed E-state index contributed by atoms with van der Waals surface area (Å²) in [6, 6.07) is 5.31. The molecule has 2 N–H and O–H groups in total. The summed E-state index contributed by atoms with van der Waals surface area (Å²) in [4.78, 5) is 15.3. The van der Waals surface area contributed by atoms with Gasteiger partial charge in [-0.05, 0) is 30.9 Å². The van der Waals surface area contributed by atoms with E-state index in [4.69, 9.17) is 5.73 Å². The van der Waals surface area contributed by atoms with Crippen molar-refractivity contribution in [3.63, 3.8) is 0 Å². The molecule has 1 heterocycles. The molecule has 22 heavy (non-hydrogen) atoms. The zero-order valence-electron chi connectivity index (χ0n) is 12.2. The van der Waals surface area contributed by atoms with Crippen LogP contribution in [-0.2, 0) is 0 Å². The fourth-order valence-corrected chi connectivity index (χ4v) is 3.75. The van der Waals surface area contributed by atoms with Gasteiger partial charge in [-0.1, -0.05) is 41.3 Å². The van der Waals surface area contributed by atoms with Gasteiger partial charge < -0.3 is 5.73 Å². The molecule has 1 aromatic carbocycles. The summed E-state index contributed by atoms with van der Waals surface area (Å²) >= 11 is 3.41. The lowest BCUT2D eigenvalue weighted by molar-refractivity contribution is -0.386. The van der Waals surface area contributed by atoms with Crippen molar-refractivity contribution in [2.45, 2.75) is 38.1 Å². The molecule has 0 spiro atoms. The van der Waals surface area contributed by atoms with Crippen molar-refractivity contribution in [2.75, 3.05) is 0 Å². The molecule has 3 rings (SSSR count). The van der Waals surface area contributed by atoms with Gasteiger partial charge in [-0.25, -0.2) is 4.98 Å². The van der Waals surface area contributed by atoms with Crippen molar-refractivity contribution in [1.29, 1.82) is 0 Å². The predicted octanol–water partition coefficient (Wildman–Crippen LogP) is 4.49. The Morgan fingerprint density at radius 1 is 1.32 bits per heavy atom. The van der Waals surface area contributed by atoms with E-state index in [9.17, 15) is 10.1 Å². The molecule has 1 aromatic heterocycles. The van der Waals surface area contributed by atoms with Gasteiger partial charge in [0.05, 0.1) is 16.0 Å². The van der Waals surface area contributed by atoms with Gasteiger partial charge in [0.2, 0.25) is 0 Å². The molecule has 1 unspecified atom stereocenters. The van der Waals surface area contributed by atoms with E-state index < -0.39 is 0 Å². The van der Waals surface area contributed by atoms with Crippen LogP contribution >= 0.6 is 15.9 Å². The summed E-state index contributed by atoms with van der Waals surface area (Å²) in [5.74, 6) is 0.307. The number of pyridine rings is 1. The van der Waals surface area contributed by atoms with Gasteiger partial charge in [0.15, 0.2) is 0 Å². The Hall–Kier alpha value is -1.53. The van der Waals surface area contributed by atoms with Crippen LogP contribution in [0, 0.1) is 16.0 Å². The van der Waals surface area contributed by atoms with Crippen molar-refractivity contribution < 1.29 is 4.92 Å². The number of fused-ring (bicyclic) bond motifs is 1. The molecule has 0 amide bonds. The molecular formula is C16H18BrN3O2. The summed E-state index contributed by atoms with van der Waals surface area (Å²) in [6.45, 7) is 0. The van der Waals surface area contributed by atoms with Gasteiger partial charge in [-0.15, -0.1) is 0 Å². The molecule has 1 saturated carbocycles. The lowest BCUT2D eigenvalue weighted by Crippen LogP contribution is -2.24. The highest BCUT2D eigenvalue weighted by molar-refractivity contribution is 9.10. The fourth-order valence-electron chi connectivity index (χ4n) is 3.40. The maximum Gasteiger partial charge on any atom is 0.292 e. The Morgan fingerprint density at radius 3 is 2.73 bits per heavy atom. The highest BCUT2D eigenvalue weighted by Gasteiger charge is 2.29. The predicted molar refractivity (Wildman–Crippen MR) is 89.6 cm³/mol. The normalized spacial score (nSPS) is 17.5. The minimum atomic E-state index is -0.369. The van der Waals surface area contributed by atoms with Gasteiger partial charge >= 0.3 is 0 Å². The summed E-state index contributed by atoms with van der Waals surface area (Å²) in [5.41, 5.74) is 7.87. The number of halogens is 1. The average molecular weight is 364 g/mol. The largest absolute Gasteiger partial charge is 0.323 e. The van der Waals surface area contributed by atoms with Crippen LogP contribution in [-0.4, -0.2) is 9.91 Å². The molecule has 0 radical (unpaired) electrons. The summed E-state index contributed by atoms with van der Waals surface area (Å²) in [5, 5.41) is 12.2. The molecule has 0 bridgehead atoms. The molecule has 116 valence electrons. The zero-order valence-corrected chi connectivity index (χ0v) is 13.8. The van der Waals surface area contributed by atoms with E-state index in [1.165, 1.54) is 12.6 Å². The number of hydrogen-bond donors (Lipinski definition) is 1. The molecule has 1 aliphatic rings. The van der Waals surface area contributed by atoms with Crippen molar-refractivity contribution >= 4 is 32.5 Å². The SMILES string of the molecule is NC(c1c([N+](=O)[O-])cnc2cc(Br)ccc12)C1CCCCC1. The zero-order chi connectivity index (χ0) is 15.7. The highest BCUT2D eigenvalue weighted by atomic mass is 79.9. The van der Waals surface area contributed by atoms with Crippen LogP contribution < -0.4 is 5.73 Å². The Kier molecular flexibility index (Phi) is 4.40. The Morgan fingerprint density at radius 2 is 2.05 bits per heavy atom. The van der Waals surface area contributed by atoms with Crippen LogP contribution in [0.1, 0.15) is 43.7 Å². The van der Waals surface area contributed by atoms with Gasteiger partial charge in [-0.3, -0.25) is 10.1 Å². The van der Waals surface area contributed by atoms with Gasteiger partial charge in [0.25, 0.3) is 5.69 Å². The van der Waals surface area contributed by atoms with E-state index in [0.717, 1.165) is 41.1 Å². The Labute approximate surface area is 137 Å². The second-order valence-corrected chi connectivity index (χ2v) is 6.82. The number of nitrogens with two attached hydrogens (primary N) is 1. The molecular weight excluding hydrogens is 346 g/mol. The number of aromatic nitrogens is 1. The van der Waals surface area contributed by atoms with Gasteiger partial charge in [0, 0.05) is 15.9 Å². The van der Waals surface area contributed by atoms with Crippen LogP contribution in [0.3, 0.4) is 0 Å². The maximum absolute atomic E-state index is 11.4. The summed E-state index contributed by atoms with van der Waals surface area (Å²) in [6.07, 6.45) is 6.96. The molecule has 1 fully saturated rings. The van der Waals surface area contributed by atoms with E-state index in [0.29, 0.717) is 11.5 Å². The standard InChI is InChI=1S/C16H18BrN3O2/c17-11-6-7-12-13(8-11)19-9-14(20(21)22)15(12)16(18)10-4-2-1-3-5-10/h6-10,16H,1-5,18H2. The van der Waals surface area contributed by atoms with Crippen molar-refractivity contribution in [2.24, 2.45) is 11.7 Å². The minimum absolute atomic E-state index is 0.0351. The molecule has 2 aromatic rings. The second-order valence-electron chi connectivity index (χ2n) is 5.90. The topological polar surface area (TPSA) is 82.0 Å². The van der Waals surface area contributed by atoms with Crippen LogP contribution in [0.2, 0.25) is 0 Å².